The number of allylic oxidation sites excluding steroid dienone is 18. The molecule has 2 unspecified atom stereocenters. The number of phosphoric acid groups is 1. The van der Waals surface area contributed by atoms with E-state index in [2.05, 4.69) is 123 Å². The molecule has 0 aliphatic heterocycles. The molecule has 0 rings (SSSR count). The highest BCUT2D eigenvalue weighted by molar-refractivity contribution is 7.47. The average molecular weight is 926 g/mol. The van der Waals surface area contributed by atoms with Crippen molar-refractivity contribution in [2.24, 2.45) is 5.73 Å². The standard InChI is InChI=1S/C55H92NO8P/c1-3-5-7-9-11-13-15-17-19-21-22-23-24-25-26-27-28-29-30-32-34-36-38-40-42-44-46-48-55(58)64-53(52-63-65(59,60)62-50-49-56)51-61-54(57)47-45-43-41-39-37-35-33-31-20-18-16-14-12-10-8-6-4-2/h5,7,11,13,17-20,22-23,25-26,28-29,32,34,38,40,53H,3-4,6,8-10,12,14-16,21,24,27,30-31,33,35-37,39,41-52,56H2,1-2H3,(H,59,60)/b7-5-,13-11-,19-17-,20-18-,23-22-,26-25-,29-28-,34-32-,40-38-. The average Bonchev–Trinajstić information content (AvgIpc) is 3.30. The van der Waals surface area contributed by atoms with Crippen molar-refractivity contribution in [2.75, 3.05) is 26.4 Å². The predicted molar refractivity (Wildman–Crippen MR) is 275 cm³/mol. The molecule has 0 radical (unpaired) electrons. The first-order valence-electron chi connectivity index (χ1n) is 25.4. The summed E-state index contributed by atoms with van der Waals surface area (Å²) in [6.07, 6.45) is 67.0. The molecule has 0 fully saturated rings. The van der Waals surface area contributed by atoms with Gasteiger partial charge in [-0.15, -0.1) is 0 Å². The van der Waals surface area contributed by atoms with Crippen molar-refractivity contribution in [2.45, 2.75) is 200 Å². The van der Waals surface area contributed by atoms with Gasteiger partial charge in [-0.1, -0.05) is 187 Å². The van der Waals surface area contributed by atoms with Gasteiger partial charge >= 0.3 is 19.8 Å². The van der Waals surface area contributed by atoms with Crippen LogP contribution in [0.25, 0.3) is 0 Å². The van der Waals surface area contributed by atoms with Crippen LogP contribution < -0.4 is 5.73 Å². The second-order valence-electron chi connectivity index (χ2n) is 16.3. The van der Waals surface area contributed by atoms with E-state index in [1.807, 2.05) is 0 Å². The molecule has 0 aromatic carbocycles. The lowest BCUT2D eigenvalue weighted by Crippen LogP contribution is -2.29. The Kier molecular flexibility index (Phi) is 47.5. The number of rotatable bonds is 46. The SMILES string of the molecule is CC/C=C\C/C=C\C/C=C\C/C=C\C/C=C\C/C=C\C/C=C\C/C=C\CCCCC(=O)OC(COC(=O)CCCCCCCCC/C=C\CCCCCCCC)COP(=O)(O)OCCN. The van der Waals surface area contributed by atoms with E-state index in [-0.39, 0.29) is 32.6 Å². The molecule has 3 N–H and O–H groups in total. The number of hydrogen-bond acceptors (Lipinski definition) is 8. The number of hydrogen-bond donors (Lipinski definition) is 2. The van der Waals surface area contributed by atoms with E-state index in [0.717, 1.165) is 96.3 Å². The highest BCUT2D eigenvalue weighted by Crippen LogP contribution is 2.43. The maximum absolute atomic E-state index is 12.6. The van der Waals surface area contributed by atoms with Crippen LogP contribution in [-0.4, -0.2) is 49.3 Å². The van der Waals surface area contributed by atoms with Crippen molar-refractivity contribution in [3.63, 3.8) is 0 Å². The van der Waals surface area contributed by atoms with E-state index < -0.39 is 32.5 Å². The zero-order valence-corrected chi connectivity index (χ0v) is 41.8. The van der Waals surface area contributed by atoms with Crippen LogP contribution >= 0.6 is 7.82 Å². The van der Waals surface area contributed by atoms with Gasteiger partial charge in [0.2, 0.25) is 0 Å². The largest absolute Gasteiger partial charge is 0.472 e. The van der Waals surface area contributed by atoms with Crippen LogP contribution in [0.5, 0.6) is 0 Å². The first kappa shape index (κ1) is 61.7. The zero-order valence-electron chi connectivity index (χ0n) is 40.9. The number of phosphoric ester groups is 1. The van der Waals surface area contributed by atoms with Crippen molar-refractivity contribution in [3.05, 3.63) is 109 Å². The lowest BCUT2D eigenvalue weighted by Gasteiger charge is -2.19. The van der Waals surface area contributed by atoms with E-state index >= 15 is 0 Å². The summed E-state index contributed by atoms with van der Waals surface area (Å²) in [5.41, 5.74) is 5.36. The van der Waals surface area contributed by atoms with Gasteiger partial charge in [0.15, 0.2) is 6.10 Å². The maximum atomic E-state index is 12.6. The maximum Gasteiger partial charge on any atom is 0.472 e. The normalized spacial score (nSPS) is 14.1. The Balaban J connectivity index is 4.20. The quantitative estimate of drug-likeness (QED) is 0.0265. The number of esters is 2. The van der Waals surface area contributed by atoms with Gasteiger partial charge in [-0.05, 0) is 103 Å². The number of unbranched alkanes of at least 4 members (excludes halogenated alkanes) is 15. The minimum absolute atomic E-state index is 0.0396. The highest BCUT2D eigenvalue weighted by Gasteiger charge is 2.26. The van der Waals surface area contributed by atoms with E-state index in [1.165, 1.54) is 64.2 Å². The topological polar surface area (TPSA) is 134 Å². The smallest absolute Gasteiger partial charge is 0.462 e. The third-order valence-corrected chi connectivity index (χ3v) is 11.1. The third-order valence-electron chi connectivity index (χ3n) is 10.1. The van der Waals surface area contributed by atoms with Crippen LogP contribution in [0.2, 0.25) is 0 Å². The summed E-state index contributed by atoms with van der Waals surface area (Å²) in [6.45, 7) is 3.55. The fourth-order valence-corrected chi connectivity index (χ4v) is 7.17. The minimum atomic E-state index is -4.40. The summed E-state index contributed by atoms with van der Waals surface area (Å²) in [5, 5.41) is 0. The molecule has 0 bridgehead atoms. The molecule has 2 atom stereocenters. The lowest BCUT2D eigenvalue weighted by atomic mass is 10.1. The van der Waals surface area contributed by atoms with Gasteiger partial charge < -0.3 is 20.1 Å². The number of ether oxygens (including phenoxy) is 2. The fourth-order valence-electron chi connectivity index (χ4n) is 6.41. The van der Waals surface area contributed by atoms with Crippen LogP contribution in [0.3, 0.4) is 0 Å². The molecule has 0 aliphatic carbocycles. The van der Waals surface area contributed by atoms with Gasteiger partial charge in [0.1, 0.15) is 6.61 Å². The Bertz CT molecular complexity index is 1430. The number of carbonyl (C=O) groups is 2. The van der Waals surface area contributed by atoms with Crippen LogP contribution in [0.4, 0.5) is 0 Å². The second-order valence-corrected chi connectivity index (χ2v) is 17.8. The summed E-state index contributed by atoms with van der Waals surface area (Å²) in [7, 11) is -4.40. The number of nitrogens with two attached hydrogens (primary N) is 1. The Labute approximate surface area is 397 Å². The molecule has 10 heteroatoms. The van der Waals surface area contributed by atoms with Crippen LogP contribution in [0.15, 0.2) is 109 Å². The fraction of sp³-hybridized carbons (Fsp3) is 0.636. The molecule has 0 aromatic rings. The van der Waals surface area contributed by atoms with Crippen molar-refractivity contribution in [3.8, 4) is 0 Å². The van der Waals surface area contributed by atoms with Gasteiger partial charge in [-0.2, -0.15) is 0 Å². The Morgan fingerprint density at radius 3 is 1.31 bits per heavy atom. The number of carbonyl (C=O) groups excluding carboxylic acids is 2. The predicted octanol–water partition coefficient (Wildman–Crippen LogP) is 15.5. The molecule has 0 saturated carbocycles. The van der Waals surface area contributed by atoms with Gasteiger partial charge in [-0.25, -0.2) is 4.57 Å². The molecule has 9 nitrogen and oxygen atoms in total. The molecule has 0 saturated heterocycles. The Morgan fingerprint density at radius 2 is 0.846 bits per heavy atom. The van der Waals surface area contributed by atoms with Crippen LogP contribution in [-0.2, 0) is 32.7 Å². The monoisotopic (exact) mass is 926 g/mol. The molecular weight excluding hydrogens is 834 g/mol. The lowest BCUT2D eigenvalue weighted by molar-refractivity contribution is -0.161. The van der Waals surface area contributed by atoms with Crippen molar-refractivity contribution in [1.29, 1.82) is 0 Å². The van der Waals surface area contributed by atoms with Crippen LogP contribution in [0, 0.1) is 0 Å². The summed E-state index contributed by atoms with van der Waals surface area (Å²) in [4.78, 5) is 35.0. The van der Waals surface area contributed by atoms with Crippen molar-refractivity contribution < 1.29 is 37.6 Å². The molecular formula is C55H92NO8P. The second kappa shape index (κ2) is 50.1. The minimum Gasteiger partial charge on any atom is -0.462 e. The highest BCUT2D eigenvalue weighted by atomic mass is 31.2. The summed E-state index contributed by atoms with van der Waals surface area (Å²) < 4.78 is 32.9. The molecule has 0 aromatic heterocycles. The summed E-state index contributed by atoms with van der Waals surface area (Å²) in [6, 6.07) is 0. The van der Waals surface area contributed by atoms with E-state index in [4.69, 9.17) is 24.3 Å². The molecule has 0 heterocycles. The first-order chi connectivity index (χ1) is 31.8. The van der Waals surface area contributed by atoms with Gasteiger partial charge in [0.25, 0.3) is 0 Å². The van der Waals surface area contributed by atoms with Gasteiger partial charge in [0.05, 0.1) is 13.2 Å². The van der Waals surface area contributed by atoms with E-state index in [0.29, 0.717) is 6.42 Å². The third kappa shape index (κ3) is 49.9. The van der Waals surface area contributed by atoms with Crippen molar-refractivity contribution in [1.82, 2.24) is 0 Å². The molecule has 0 amide bonds. The summed E-state index contributed by atoms with van der Waals surface area (Å²) in [5.74, 6) is -0.892. The zero-order chi connectivity index (χ0) is 47.4. The van der Waals surface area contributed by atoms with E-state index in [9.17, 15) is 19.0 Å². The first-order valence-corrected chi connectivity index (χ1v) is 26.9. The molecule has 370 valence electrons. The molecule has 65 heavy (non-hydrogen) atoms. The molecule has 0 spiro atoms. The summed E-state index contributed by atoms with van der Waals surface area (Å²) >= 11 is 0. The molecule has 0 aliphatic rings. The van der Waals surface area contributed by atoms with E-state index in [1.54, 1.807) is 0 Å². The Hall–Kier alpha value is -3.33. The van der Waals surface area contributed by atoms with Gasteiger partial charge in [0, 0.05) is 19.4 Å². The Morgan fingerprint density at radius 1 is 0.477 bits per heavy atom. The van der Waals surface area contributed by atoms with Gasteiger partial charge in [-0.3, -0.25) is 18.6 Å². The van der Waals surface area contributed by atoms with Crippen molar-refractivity contribution >= 4 is 19.8 Å². The van der Waals surface area contributed by atoms with Crippen LogP contribution in [0.1, 0.15) is 194 Å².